The van der Waals surface area contributed by atoms with Crippen molar-refractivity contribution in [1.82, 2.24) is 19.6 Å². The molecule has 0 aliphatic carbocycles. The largest absolute Gasteiger partial charge is 0.324 e. The number of carbonyl (C=O) groups excluding carboxylic acids is 1. The lowest BCUT2D eigenvalue weighted by Crippen LogP contribution is -2.14. The van der Waals surface area contributed by atoms with Gasteiger partial charge in [-0.05, 0) is 0 Å². The maximum atomic E-state index is 11.4. The van der Waals surface area contributed by atoms with E-state index in [1.807, 2.05) is 13.8 Å². The monoisotopic (exact) mass is 219 g/mol. The minimum Gasteiger partial charge on any atom is -0.324 e. The number of hydrogen-bond donors (Lipinski definition) is 1. The van der Waals surface area contributed by atoms with Crippen LogP contribution in [0.15, 0.2) is 12.4 Å². The van der Waals surface area contributed by atoms with Gasteiger partial charge in [0.05, 0.1) is 12.1 Å². The highest BCUT2D eigenvalue weighted by Crippen LogP contribution is 2.10. The van der Waals surface area contributed by atoms with E-state index in [0.29, 0.717) is 17.2 Å². The normalized spacial score (nSPS) is 11.2. The van der Waals surface area contributed by atoms with Gasteiger partial charge in [0, 0.05) is 18.3 Å². The molecule has 0 atom stereocenters. The SMILES string of the molecule is CC(C)c1nc2ncc(C(=O)CN)cn2n1. The molecule has 0 saturated heterocycles. The van der Waals surface area contributed by atoms with E-state index < -0.39 is 0 Å². The van der Waals surface area contributed by atoms with Crippen LogP contribution in [0.2, 0.25) is 0 Å². The molecular weight excluding hydrogens is 206 g/mol. The van der Waals surface area contributed by atoms with Gasteiger partial charge in [-0.3, -0.25) is 4.79 Å². The first-order valence-corrected chi connectivity index (χ1v) is 5.07. The number of nitrogens with two attached hydrogens (primary N) is 1. The smallest absolute Gasteiger partial charge is 0.252 e. The van der Waals surface area contributed by atoms with E-state index in [9.17, 15) is 4.79 Å². The van der Waals surface area contributed by atoms with Crippen molar-refractivity contribution in [2.45, 2.75) is 19.8 Å². The van der Waals surface area contributed by atoms with Gasteiger partial charge in [-0.15, -0.1) is 5.10 Å². The van der Waals surface area contributed by atoms with Crippen LogP contribution in [-0.2, 0) is 0 Å². The Bertz CT molecular complexity index is 531. The predicted molar refractivity (Wildman–Crippen MR) is 58.3 cm³/mol. The summed E-state index contributed by atoms with van der Waals surface area (Å²) >= 11 is 0. The Balaban J connectivity index is 2.49. The van der Waals surface area contributed by atoms with E-state index in [-0.39, 0.29) is 18.2 Å². The highest BCUT2D eigenvalue weighted by Gasteiger charge is 2.10. The molecule has 0 spiro atoms. The summed E-state index contributed by atoms with van der Waals surface area (Å²) in [5.41, 5.74) is 5.73. The lowest BCUT2D eigenvalue weighted by atomic mass is 10.2. The summed E-state index contributed by atoms with van der Waals surface area (Å²) in [6, 6.07) is 0. The van der Waals surface area contributed by atoms with Crippen LogP contribution >= 0.6 is 0 Å². The molecule has 2 N–H and O–H groups in total. The molecule has 0 saturated carbocycles. The lowest BCUT2D eigenvalue weighted by molar-refractivity contribution is 0.100. The molecule has 84 valence electrons. The summed E-state index contributed by atoms with van der Waals surface area (Å²) in [5.74, 6) is 1.29. The van der Waals surface area contributed by atoms with E-state index in [4.69, 9.17) is 5.73 Å². The first-order valence-electron chi connectivity index (χ1n) is 5.07. The number of nitrogens with zero attached hydrogens (tertiary/aromatic N) is 4. The average Bonchev–Trinajstić information content (AvgIpc) is 2.70. The number of ketones is 1. The Hall–Kier alpha value is -1.82. The van der Waals surface area contributed by atoms with E-state index in [1.54, 1.807) is 6.20 Å². The third-order valence-corrected chi connectivity index (χ3v) is 2.23. The number of hydrogen-bond acceptors (Lipinski definition) is 5. The molecule has 0 fully saturated rings. The van der Waals surface area contributed by atoms with Crippen LogP contribution in [0.3, 0.4) is 0 Å². The highest BCUT2D eigenvalue weighted by atomic mass is 16.1. The number of aromatic nitrogens is 4. The minimum atomic E-state index is -0.156. The van der Waals surface area contributed by atoms with Crippen molar-refractivity contribution in [3.8, 4) is 0 Å². The second-order valence-corrected chi connectivity index (χ2v) is 3.84. The Labute approximate surface area is 92.5 Å². The summed E-state index contributed by atoms with van der Waals surface area (Å²) in [4.78, 5) is 19.7. The number of fused-ring (bicyclic) bond motifs is 1. The van der Waals surface area contributed by atoms with Gasteiger partial charge in [-0.25, -0.2) is 9.50 Å². The molecule has 0 unspecified atom stereocenters. The van der Waals surface area contributed by atoms with Crippen molar-refractivity contribution in [3.05, 3.63) is 23.8 Å². The third kappa shape index (κ3) is 1.79. The van der Waals surface area contributed by atoms with Crippen molar-refractivity contribution in [2.24, 2.45) is 5.73 Å². The molecule has 6 heteroatoms. The number of rotatable bonds is 3. The Morgan fingerprint density at radius 3 is 2.94 bits per heavy atom. The third-order valence-electron chi connectivity index (χ3n) is 2.23. The summed E-state index contributed by atoms with van der Waals surface area (Å²) in [6.45, 7) is 3.97. The summed E-state index contributed by atoms with van der Waals surface area (Å²) in [7, 11) is 0. The van der Waals surface area contributed by atoms with E-state index in [1.165, 1.54) is 10.7 Å². The van der Waals surface area contributed by atoms with Gasteiger partial charge < -0.3 is 5.73 Å². The molecule has 0 aliphatic heterocycles. The fourth-order valence-corrected chi connectivity index (χ4v) is 1.30. The second kappa shape index (κ2) is 3.97. The van der Waals surface area contributed by atoms with Crippen LogP contribution in [0, 0.1) is 0 Å². The first kappa shape index (κ1) is 10.7. The fourth-order valence-electron chi connectivity index (χ4n) is 1.30. The van der Waals surface area contributed by atoms with E-state index in [2.05, 4.69) is 15.1 Å². The van der Waals surface area contributed by atoms with Crippen LogP contribution in [0.5, 0.6) is 0 Å². The Kier molecular flexibility index (Phi) is 2.66. The van der Waals surface area contributed by atoms with Crippen molar-refractivity contribution >= 4 is 11.6 Å². The second-order valence-electron chi connectivity index (χ2n) is 3.84. The molecule has 0 aromatic carbocycles. The first-order chi connectivity index (χ1) is 7.61. The van der Waals surface area contributed by atoms with Gasteiger partial charge in [0.15, 0.2) is 11.6 Å². The van der Waals surface area contributed by atoms with E-state index in [0.717, 1.165) is 0 Å². The van der Waals surface area contributed by atoms with Gasteiger partial charge in [-0.1, -0.05) is 13.8 Å². The van der Waals surface area contributed by atoms with Crippen molar-refractivity contribution in [3.63, 3.8) is 0 Å². The zero-order chi connectivity index (χ0) is 11.7. The summed E-state index contributed by atoms with van der Waals surface area (Å²) < 4.78 is 1.51. The van der Waals surface area contributed by atoms with Crippen molar-refractivity contribution in [2.75, 3.05) is 6.54 Å². The van der Waals surface area contributed by atoms with Crippen LogP contribution < -0.4 is 5.73 Å². The van der Waals surface area contributed by atoms with Gasteiger partial charge in [0.2, 0.25) is 0 Å². The van der Waals surface area contributed by atoms with Crippen molar-refractivity contribution in [1.29, 1.82) is 0 Å². The molecule has 2 heterocycles. The maximum absolute atomic E-state index is 11.4. The maximum Gasteiger partial charge on any atom is 0.252 e. The van der Waals surface area contributed by atoms with Gasteiger partial charge >= 0.3 is 0 Å². The van der Waals surface area contributed by atoms with Crippen LogP contribution in [0.4, 0.5) is 0 Å². The summed E-state index contributed by atoms with van der Waals surface area (Å²) in [5, 5.41) is 4.24. The Morgan fingerprint density at radius 2 is 2.31 bits per heavy atom. The summed E-state index contributed by atoms with van der Waals surface area (Å²) in [6.07, 6.45) is 3.08. The zero-order valence-corrected chi connectivity index (χ0v) is 9.21. The van der Waals surface area contributed by atoms with Gasteiger partial charge in [-0.2, -0.15) is 4.98 Å². The Morgan fingerprint density at radius 1 is 1.56 bits per heavy atom. The molecule has 0 radical (unpaired) electrons. The molecule has 0 amide bonds. The minimum absolute atomic E-state index is 0.0288. The topological polar surface area (TPSA) is 86.2 Å². The van der Waals surface area contributed by atoms with E-state index >= 15 is 0 Å². The average molecular weight is 219 g/mol. The highest BCUT2D eigenvalue weighted by molar-refractivity contribution is 5.97. The predicted octanol–water partition coefficient (Wildman–Crippen LogP) is 0.389. The molecule has 6 nitrogen and oxygen atoms in total. The molecule has 2 aromatic heterocycles. The standard InChI is InChI=1S/C10H13N5O/c1-6(2)9-13-10-12-4-7(8(16)3-11)5-15(10)14-9/h4-6H,3,11H2,1-2H3. The van der Waals surface area contributed by atoms with Crippen LogP contribution in [0.25, 0.3) is 5.78 Å². The number of Topliss-reactive ketones (excluding diaryl/α,β-unsaturated/α-hetero) is 1. The van der Waals surface area contributed by atoms with Crippen molar-refractivity contribution < 1.29 is 4.79 Å². The molecule has 2 rings (SSSR count). The number of carbonyl (C=O) groups is 1. The zero-order valence-electron chi connectivity index (χ0n) is 9.21. The molecule has 2 aromatic rings. The van der Waals surface area contributed by atoms with Crippen LogP contribution in [0.1, 0.15) is 35.9 Å². The molecule has 0 bridgehead atoms. The van der Waals surface area contributed by atoms with Gasteiger partial charge in [0.25, 0.3) is 5.78 Å². The molecule has 0 aliphatic rings. The quantitative estimate of drug-likeness (QED) is 0.754. The van der Waals surface area contributed by atoms with Gasteiger partial charge in [0.1, 0.15) is 0 Å². The van der Waals surface area contributed by atoms with Crippen LogP contribution in [-0.4, -0.2) is 31.9 Å². The molecule has 16 heavy (non-hydrogen) atoms. The lowest BCUT2D eigenvalue weighted by Gasteiger charge is -1.96. The molecular formula is C10H13N5O. The fraction of sp³-hybridized carbons (Fsp3) is 0.400.